The van der Waals surface area contributed by atoms with E-state index in [0.29, 0.717) is 22.7 Å². The Morgan fingerprint density at radius 2 is 2.00 bits per heavy atom. The Bertz CT molecular complexity index is 1090. The van der Waals surface area contributed by atoms with Gasteiger partial charge in [0.1, 0.15) is 10.7 Å². The van der Waals surface area contributed by atoms with Crippen LogP contribution in [0.1, 0.15) is 16.1 Å². The van der Waals surface area contributed by atoms with E-state index in [9.17, 15) is 22.8 Å². The van der Waals surface area contributed by atoms with Gasteiger partial charge in [0, 0.05) is 23.9 Å². The van der Waals surface area contributed by atoms with Gasteiger partial charge in [0.2, 0.25) is 0 Å². The van der Waals surface area contributed by atoms with E-state index in [-0.39, 0.29) is 27.8 Å². The molecule has 2 heterocycles. The van der Waals surface area contributed by atoms with Crippen molar-refractivity contribution in [2.45, 2.75) is 11.2 Å². The van der Waals surface area contributed by atoms with Gasteiger partial charge < -0.3 is 10.3 Å². The highest BCUT2D eigenvalue weighted by molar-refractivity contribution is 7.99. The third-order valence-electron chi connectivity index (χ3n) is 3.76. The molecule has 3 rings (SSSR count). The van der Waals surface area contributed by atoms with E-state index >= 15 is 0 Å². The monoisotopic (exact) mass is 427 g/mol. The number of amides is 1. The molecule has 146 valence electrons. The van der Waals surface area contributed by atoms with Gasteiger partial charge in [-0.3, -0.25) is 9.59 Å². The summed E-state index contributed by atoms with van der Waals surface area (Å²) in [6, 6.07) is 9.28. The highest BCUT2D eigenvalue weighted by Gasteiger charge is 2.31. The van der Waals surface area contributed by atoms with Gasteiger partial charge in [0.15, 0.2) is 0 Å². The number of thioether (sulfide) groups is 1. The third kappa shape index (κ3) is 4.66. The number of carbonyl (C=O) groups is 1. The number of carbonyl (C=O) groups excluding carboxylic acids is 1. The fourth-order valence-corrected chi connectivity index (χ4v) is 3.48. The molecule has 0 radical (unpaired) electrons. The average Bonchev–Trinajstić information content (AvgIpc) is 2.65. The number of nitrogens with zero attached hydrogens (tertiary/aromatic N) is 1. The standard InChI is InChI=1S/C18H13ClF3N3O2S/c19-13-8-11(18(20,21)22)9-24-17(13)28-6-5-23-16(27)14-7-10-3-1-2-4-12(10)15(26)25-14/h1-4,7-9H,5-6H2,(H,23,27)(H,25,26). The quantitative estimate of drug-likeness (QED) is 0.474. The summed E-state index contributed by atoms with van der Waals surface area (Å²) in [7, 11) is 0. The lowest BCUT2D eigenvalue weighted by atomic mass is 10.1. The maximum absolute atomic E-state index is 12.6. The van der Waals surface area contributed by atoms with Crippen molar-refractivity contribution >= 4 is 40.0 Å². The summed E-state index contributed by atoms with van der Waals surface area (Å²) in [5.41, 5.74) is -1.16. The Kier molecular flexibility index (Phi) is 5.95. The van der Waals surface area contributed by atoms with Gasteiger partial charge in [-0.1, -0.05) is 29.8 Å². The van der Waals surface area contributed by atoms with E-state index in [0.717, 1.165) is 17.8 Å². The number of fused-ring (bicyclic) bond motifs is 1. The van der Waals surface area contributed by atoms with E-state index in [1.54, 1.807) is 30.3 Å². The van der Waals surface area contributed by atoms with Gasteiger partial charge in [-0.05, 0) is 23.6 Å². The van der Waals surface area contributed by atoms with Crippen LogP contribution in [0.3, 0.4) is 0 Å². The van der Waals surface area contributed by atoms with Gasteiger partial charge in [-0.15, -0.1) is 11.8 Å². The molecule has 3 aromatic rings. The van der Waals surface area contributed by atoms with Crippen LogP contribution in [0, 0.1) is 0 Å². The van der Waals surface area contributed by atoms with Crippen LogP contribution in [0.2, 0.25) is 5.02 Å². The number of halogens is 4. The van der Waals surface area contributed by atoms with Crippen LogP contribution in [-0.2, 0) is 6.18 Å². The Hall–Kier alpha value is -2.52. The minimum absolute atomic E-state index is 0.106. The molecule has 1 amide bonds. The first kappa shape index (κ1) is 20.2. The number of aromatic amines is 1. The second-order valence-electron chi connectivity index (χ2n) is 5.71. The van der Waals surface area contributed by atoms with E-state index < -0.39 is 17.6 Å². The number of nitrogens with one attached hydrogen (secondary N) is 2. The molecular formula is C18H13ClF3N3O2S. The van der Waals surface area contributed by atoms with Crippen molar-refractivity contribution in [2.75, 3.05) is 12.3 Å². The average molecular weight is 428 g/mol. The largest absolute Gasteiger partial charge is 0.417 e. The molecule has 0 saturated carbocycles. The molecule has 0 bridgehead atoms. The van der Waals surface area contributed by atoms with Crippen LogP contribution in [0.15, 0.2) is 52.4 Å². The Labute approximate surface area is 166 Å². The highest BCUT2D eigenvalue weighted by Crippen LogP contribution is 2.33. The first-order valence-electron chi connectivity index (χ1n) is 8.01. The zero-order chi connectivity index (χ0) is 20.3. The number of benzene rings is 1. The van der Waals surface area contributed by atoms with E-state index in [1.165, 1.54) is 0 Å². The molecule has 0 aliphatic carbocycles. The molecule has 0 fully saturated rings. The summed E-state index contributed by atoms with van der Waals surface area (Å²) >= 11 is 6.95. The maximum Gasteiger partial charge on any atom is 0.417 e. The smallest absolute Gasteiger partial charge is 0.350 e. The van der Waals surface area contributed by atoms with Crippen LogP contribution in [0.5, 0.6) is 0 Å². The number of rotatable bonds is 5. The Morgan fingerprint density at radius 1 is 1.25 bits per heavy atom. The molecule has 0 atom stereocenters. The van der Waals surface area contributed by atoms with Crippen molar-refractivity contribution in [1.29, 1.82) is 0 Å². The first-order chi connectivity index (χ1) is 13.3. The molecule has 5 nitrogen and oxygen atoms in total. The summed E-state index contributed by atoms with van der Waals surface area (Å²) in [4.78, 5) is 30.5. The second-order valence-corrected chi connectivity index (χ2v) is 7.20. The highest BCUT2D eigenvalue weighted by atomic mass is 35.5. The van der Waals surface area contributed by atoms with Crippen molar-refractivity contribution in [1.82, 2.24) is 15.3 Å². The zero-order valence-corrected chi connectivity index (χ0v) is 15.7. The molecule has 0 unspecified atom stereocenters. The fourth-order valence-electron chi connectivity index (χ4n) is 2.43. The summed E-state index contributed by atoms with van der Waals surface area (Å²) < 4.78 is 37.8. The molecule has 2 N–H and O–H groups in total. The van der Waals surface area contributed by atoms with E-state index in [1.807, 2.05) is 0 Å². The van der Waals surface area contributed by atoms with Crippen molar-refractivity contribution < 1.29 is 18.0 Å². The van der Waals surface area contributed by atoms with Crippen molar-refractivity contribution in [3.8, 4) is 0 Å². The van der Waals surface area contributed by atoms with Crippen molar-refractivity contribution in [3.05, 3.63) is 69.2 Å². The van der Waals surface area contributed by atoms with Gasteiger partial charge in [0.05, 0.1) is 10.6 Å². The van der Waals surface area contributed by atoms with Gasteiger partial charge in [-0.25, -0.2) is 4.98 Å². The number of H-pyrrole nitrogens is 1. The molecule has 0 saturated heterocycles. The van der Waals surface area contributed by atoms with Gasteiger partial charge in [-0.2, -0.15) is 13.2 Å². The maximum atomic E-state index is 12.6. The zero-order valence-electron chi connectivity index (χ0n) is 14.1. The number of aromatic nitrogens is 2. The summed E-state index contributed by atoms with van der Waals surface area (Å²) in [6.07, 6.45) is -3.79. The minimum Gasteiger partial charge on any atom is -0.350 e. The number of pyridine rings is 2. The first-order valence-corrected chi connectivity index (χ1v) is 9.38. The van der Waals surface area contributed by atoms with Crippen molar-refractivity contribution in [2.24, 2.45) is 0 Å². The molecule has 1 aromatic carbocycles. The third-order valence-corrected chi connectivity index (χ3v) is 5.17. The summed E-state index contributed by atoms with van der Waals surface area (Å²) in [5.74, 6) is -0.128. The molecule has 28 heavy (non-hydrogen) atoms. The lowest BCUT2D eigenvalue weighted by Crippen LogP contribution is -2.28. The number of hydrogen-bond donors (Lipinski definition) is 2. The second kappa shape index (κ2) is 8.24. The Morgan fingerprint density at radius 3 is 2.71 bits per heavy atom. The van der Waals surface area contributed by atoms with E-state index in [4.69, 9.17) is 11.6 Å². The molecule has 0 aliphatic heterocycles. The molecule has 2 aromatic heterocycles. The summed E-state index contributed by atoms with van der Waals surface area (Å²) in [5, 5.41) is 3.90. The predicted octanol–water partition coefficient (Wildman–Crippen LogP) is 4.12. The van der Waals surface area contributed by atoms with Crippen LogP contribution in [0.4, 0.5) is 13.2 Å². The van der Waals surface area contributed by atoms with Gasteiger partial charge >= 0.3 is 6.18 Å². The molecule has 0 aliphatic rings. The lowest BCUT2D eigenvalue weighted by molar-refractivity contribution is -0.137. The Balaban J connectivity index is 1.58. The topological polar surface area (TPSA) is 74.8 Å². The number of alkyl halides is 3. The SMILES string of the molecule is O=C(NCCSc1ncc(C(F)(F)F)cc1Cl)c1cc2ccccc2c(=O)[nH]1. The molecule has 0 spiro atoms. The van der Waals surface area contributed by atoms with Crippen LogP contribution in [0.25, 0.3) is 10.8 Å². The minimum atomic E-state index is -4.51. The normalized spacial score (nSPS) is 11.6. The fraction of sp³-hybridized carbons (Fsp3) is 0.167. The number of hydrogen-bond acceptors (Lipinski definition) is 4. The van der Waals surface area contributed by atoms with Crippen LogP contribution >= 0.6 is 23.4 Å². The molecular weight excluding hydrogens is 415 g/mol. The summed E-state index contributed by atoms with van der Waals surface area (Å²) in [6.45, 7) is 0.206. The van der Waals surface area contributed by atoms with E-state index in [2.05, 4.69) is 15.3 Å². The van der Waals surface area contributed by atoms with Crippen LogP contribution in [-0.4, -0.2) is 28.2 Å². The van der Waals surface area contributed by atoms with Crippen molar-refractivity contribution in [3.63, 3.8) is 0 Å². The van der Waals surface area contributed by atoms with Gasteiger partial charge in [0.25, 0.3) is 11.5 Å². The lowest BCUT2D eigenvalue weighted by Gasteiger charge is -2.09. The molecule has 10 heteroatoms. The predicted molar refractivity (Wildman–Crippen MR) is 102 cm³/mol. The van der Waals surface area contributed by atoms with Crippen LogP contribution < -0.4 is 10.9 Å².